The number of hydrogen-bond acceptors (Lipinski definition) is 2. The molecule has 1 fully saturated rings. The summed E-state index contributed by atoms with van der Waals surface area (Å²) in [4.78, 5) is 0. The SMILES string of the molecule is Cc1cccc(C)c1OCCNC1CCC(C)CC1. The lowest BCUT2D eigenvalue weighted by Gasteiger charge is -2.27. The van der Waals surface area contributed by atoms with Crippen molar-refractivity contribution < 1.29 is 4.74 Å². The van der Waals surface area contributed by atoms with Gasteiger partial charge in [0.15, 0.2) is 0 Å². The van der Waals surface area contributed by atoms with Crippen LogP contribution in [0.5, 0.6) is 5.75 Å². The third-order valence-electron chi connectivity index (χ3n) is 4.21. The molecule has 0 radical (unpaired) electrons. The maximum atomic E-state index is 5.92. The van der Waals surface area contributed by atoms with Gasteiger partial charge in [0.25, 0.3) is 0 Å². The van der Waals surface area contributed by atoms with E-state index in [-0.39, 0.29) is 0 Å². The molecule has 0 spiro atoms. The Kier molecular flexibility index (Phi) is 5.26. The van der Waals surface area contributed by atoms with Gasteiger partial charge in [0.1, 0.15) is 12.4 Å². The Balaban J connectivity index is 1.69. The second-order valence-corrected chi connectivity index (χ2v) is 5.98. The molecule has 0 amide bonds. The van der Waals surface area contributed by atoms with Crippen molar-refractivity contribution in [3.63, 3.8) is 0 Å². The van der Waals surface area contributed by atoms with Gasteiger partial charge in [0.2, 0.25) is 0 Å². The summed E-state index contributed by atoms with van der Waals surface area (Å²) in [5, 5.41) is 3.63. The molecule has 1 aromatic carbocycles. The predicted octanol–water partition coefficient (Wildman–Crippen LogP) is 3.85. The summed E-state index contributed by atoms with van der Waals surface area (Å²) in [6.45, 7) is 8.29. The van der Waals surface area contributed by atoms with Crippen LogP contribution in [0.25, 0.3) is 0 Å². The van der Waals surface area contributed by atoms with Crippen LogP contribution < -0.4 is 10.1 Å². The predicted molar refractivity (Wildman–Crippen MR) is 80.8 cm³/mol. The molecule has 0 saturated heterocycles. The number of para-hydroxylation sites is 1. The van der Waals surface area contributed by atoms with Gasteiger partial charge in [-0.05, 0) is 56.6 Å². The van der Waals surface area contributed by atoms with Gasteiger partial charge in [0.05, 0.1) is 0 Å². The highest BCUT2D eigenvalue weighted by molar-refractivity contribution is 5.39. The van der Waals surface area contributed by atoms with Gasteiger partial charge in [-0.1, -0.05) is 25.1 Å². The topological polar surface area (TPSA) is 21.3 Å². The van der Waals surface area contributed by atoms with E-state index in [4.69, 9.17) is 4.74 Å². The van der Waals surface area contributed by atoms with Crippen LogP contribution in [0.3, 0.4) is 0 Å². The number of aryl methyl sites for hydroxylation is 2. The minimum Gasteiger partial charge on any atom is -0.492 e. The molecule has 0 bridgehead atoms. The zero-order valence-corrected chi connectivity index (χ0v) is 12.5. The van der Waals surface area contributed by atoms with E-state index in [0.717, 1.165) is 24.8 Å². The Morgan fingerprint density at radius 1 is 1.11 bits per heavy atom. The highest BCUT2D eigenvalue weighted by Gasteiger charge is 2.17. The summed E-state index contributed by atoms with van der Waals surface area (Å²) in [7, 11) is 0. The van der Waals surface area contributed by atoms with E-state index in [9.17, 15) is 0 Å². The molecule has 0 unspecified atom stereocenters. The lowest BCUT2D eigenvalue weighted by Crippen LogP contribution is -2.35. The van der Waals surface area contributed by atoms with Gasteiger partial charge < -0.3 is 10.1 Å². The first-order valence-electron chi connectivity index (χ1n) is 7.59. The lowest BCUT2D eigenvalue weighted by molar-refractivity contribution is 0.269. The monoisotopic (exact) mass is 261 g/mol. The Hall–Kier alpha value is -1.02. The van der Waals surface area contributed by atoms with Gasteiger partial charge in [-0.25, -0.2) is 0 Å². The van der Waals surface area contributed by atoms with Crippen molar-refractivity contribution in [2.24, 2.45) is 5.92 Å². The number of hydrogen-bond donors (Lipinski definition) is 1. The standard InChI is InChI=1S/C17H27NO/c1-13-7-9-16(10-8-13)18-11-12-19-17-14(2)5-4-6-15(17)3/h4-6,13,16,18H,7-12H2,1-3H3. The molecule has 0 heterocycles. The van der Waals surface area contributed by atoms with Crippen molar-refractivity contribution in [2.45, 2.75) is 52.5 Å². The first-order chi connectivity index (χ1) is 9.16. The van der Waals surface area contributed by atoms with Gasteiger partial charge in [-0.15, -0.1) is 0 Å². The van der Waals surface area contributed by atoms with Crippen molar-refractivity contribution in [1.82, 2.24) is 5.32 Å². The normalized spacial score (nSPS) is 23.3. The molecule has 0 atom stereocenters. The average Bonchev–Trinajstić information content (AvgIpc) is 2.39. The molecule has 1 aromatic rings. The molecule has 2 nitrogen and oxygen atoms in total. The lowest BCUT2D eigenvalue weighted by atomic mass is 9.87. The summed E-state index contributed by atoms with van der Waals surface area (Å²) in [5.41, 5.74) is 2.46. The maximum absolute atomic E-state index is 5.92. The zero-order chi connectivity index (χ0) is 13.7. The molecule has 0 aliphatic heterocycles. The molecule has 0 aromatic heterocycles. The molecular formula is C17H27NO. The molecule has 1 saturated carbocycles. The summed E-state index contributed by atoms with van der Waals surface area (Å²) in [6.07, 6.45) is 5.39. The van der Waals surface area contributed by atoms with Crippen LogP contribution in [-0.2, 0) is 0 Å². The number of benzene rings is 1. The van der Waals surface area contributed by atoms with E-state index in [1.807, 2.05) is 0 Å². The number of ether oxygens (including phenoxy) is 1. The second-order valence-electron chi connectivity index (χ2n) is 5.98. The second kappa shape index (κ2) is 6.95. The van der Waals surface area contributed by atoms with Crippen molar-refractivity contribution in [3.8, 4) is 5.75 Å². The van der Waals surface area contributed by atoms with E-state index in [2.05, 4.69) is 44.3 Å². The molecule has 19 heavy (non-hydrogen) atoms. The Bertz CT molecular complexity index is 374. The highest BCUT2D eigenvalue weighted by atomic mass is 16.5. The third kappa shape index (κ3) is 4.24. The van der Waals surface area contributed by atoms with Gasteiger partial charge >= 0.3 is 0 Å². The van der Waals surface area contributed by atoms with Crippen molar-refractivity contribution in [2.75, 3.05) is 13.2 Å². The first kappa shape index (κ1) is 14.4. The van der Waals surface area contributed by atoms with Gasteiger partial charge in [-0.3, -0.25) is 0 Å². The zero-order valence-electron chi connectivity index (χ0n) is 12.5. The van der Waals surface area contributed by atoms with Crippen molar-refractivity contribution >= 4 is 0 Å². The van der Waals surface area contributed by atoms with E-state index in [0.29, 0.717) is 6.04 Å². The van der Waals surface area contributed by atoms with Crippen LogP contribution >= 0.6 is 0 Å². The molecule has 106 valence electrons. The van der Waals surface area contributed by atoms with Crippen LogP contribution in [0.15, 0.2) is 18.2 Å². The van der Waals surface area contributed by atoms with Crippen molar-refractivity contribution in [1.29, 1.82) is 0 Å². The minimum absolute atomic E-state index is 0.706. The smallest absolute Gasteiger partial charge is 0.125 e. The molecule has 2 rings (SSSR count). The summed E-state index contributed by atoms with van der Waals surface area (Å²) >= 11 is 0. The number of nitrogens with one attached hydrogen (secondary N) is 1. The van der Waals surface area contributed by atoms with E-state index < -0.39 is 0 Å². The van der Waals surface area contributed by atoms with Crippen molar-refractivity contribution in [3.05, 3.63) is 29.3 Å². The van der Waals surface area contributed by atoms with Crippen LogP contribution in [0.2, 0.25) is 0 Å². The fourth-order valence-corrected chi connectivity index (χ4v) is 2.91. The molecular weight excluding hydrogens is 234 g/mol. The Labute approximate surface area is 117 Å². The van der Waals surface area contributed by atoms with Gasteiger partial charge in [0, 0.05) is 12.6 Å². The average molecular weight is 261 g/mol. The quantitative estimate of drug-likeness (QED) is 0.813. The van der Waals surface area contributed by atoms with Crippen LogP contribution in [0.1, 0.15) is 43.7 Å². The minimum atomic E-state index is 0.706. The van der Waals surface area contributed by atoms with Gasteiger partial charge in [-0.2, -0.15) is 0 Å². The fourth-order valence-electron chi connectivity index (χ4n) is 2.91. The van der Waals surface area contributed by atoms with E-state index in [1.54, 1.807) is 0 Å². The number of rotatable bonds is 5. The largest absolute Gasteiger partial charge is 0.492 e. The van der Waals surface area contributed by atoms with E-state index >= 15 is 0 Å². The molecule has 1 aliphatic rings. The highest BCUT2D eigenvalue weighted by Crippen LogP contribution is 2.24. The van der Waals surface area contributed by atoms with Crippen LogP contribution in [-0.4, -0.2) is 19.2 Å². The Morgan fingerprint density at radius 3 is 2.37 bits per heavy atom. The summed E-state index contributed by atoms with van der Waals surface area (Å²) in [6, 6.07) is 7.01. The fraction of sp³-hybridized carbons (Fsp3) is 0.647. The third-order valence-corrected chi connectivity index (χ3v) is 4.21. The Morgan fingerprint density at radius 2 is 1.74 bits per heavy atom. The maximum Gasteiger partial charge on any atom is 0.125 e. The molecule has 1 aliphatic carbocycles. The summed E-state index contributed by atoms with van der Waals surface area (Å²) < 4.78 is 5.92. The van der Waals surface area contributed by atoms with Crippen LogP contribution in [0.4, 0.5) is 0 Å². The first-order valence-corrected chi connectivity index (χ1v) is 7.59. The molecule has 1 N–H and O–H groups in total. The van der Waals surface area contributed by atoms with Crippen LogP contribution in [0, 0.1) is 19.8 Å². The molecule has 2 heteroatoms. The van der Waals surface area contributed by atoms with E-state index in [1.165, 1.54) is 36.8 Å². The summed E-state index contributed by atoms with van der Waals surface area (Å²) in [5.74, 6) is 1.98.